The predicted molar refractivity (Wildman–Crippen MR) is 55.1 cm³/mol. The van der Waals surface area contributed by atoms with E-state index < -0.39 is 35.7 Å². The van der Waals surface area contributed by atoms with E-state index in [1.165, 1.54) is 6.92 Å². The molecule has 102 valence electrons. The van der Waals surface area contributed by atoms with Gasteiger partial charge in [-0.25, -0.2) is 4.39 Å². The summed E-state index contributed by atoms with van der Waals surface area (Å²) < 4.78 is 68.5. The molecule has 0 saturated heterocycles. The van der Waals surface area contributed by atoms with Crippen molar-refractivity contribution in [3.8, 4) is 5.75 Å². The molecule has 0 spiro atoms. The van der Waals surface area contributed by atoms with Crippen LogP contribution < -0.4 is 10.5 Å². The minimum Gasteiger partial charge on any atom is -0.476 e. The quantitative estimate of drug-likeness (QED) is 0.853. The molecule has 1 rings (SSSR count). The lowest BCUT2D eigenvalue weighted by molar-refractivity contribution is -0.201. The van der Waals surface area contributed by atoms with Gasteiger partial charge in [0, 0.05) is 0 Å². The van der Waals surface area contributed by atoms with Gasteiger partial charge in [-0.3, -0.25) is 0 Å². The lowest BCUT2D eigenvalue weighted by atomic mass is 10.1. The summed E-state index contributed by atoms with van der Waals surface area (Å²) in [6.07, 6.45) is -7.14. The zero-order valence-electron chi connectivity index (χ0n) is 9.47. The molecular formula is C11H12F5NO. The van der Waals surface area contributed by atoms with E-state index >= 15 is 0 Å². The van der Waals surface area contributed by atoms with Crippen molar-refractivity contribution in [2.24, 2.45) is 5.73 Å². The third-order valence-corrected chi connectivity index (χ3v) is 2.35. The first-order valence-electron chi connectivity index (χ1n) is 5.20. The third-order valence-electron chi connectivity index (χ3n) is 2.35. The van der Waals surface area contributed by atoms with Crippen LogP contribution in [0, 0.1) is 11.6 Å². The van der Waals surface area contributed by atoms with E-state index in [1.807, 2.05) is 0 Å². The molecule has 2 nitrogen and oxygen atoms in total. The second kappa shape index (κ2) is 5.51. The molecule has 0 saturated carbocycles. The second-order valence-corrected chi connectivity index (χ2v) is 3.70. The summed E-state index contributed by atoms with van der Waals surface area (Å²) in [7, 11) is 0. The average molecular weight is 269 g/mol. The Morgan fingerprint density at radius 3 is 2.39 bits per heavy atom. The number of nitrogens with two attached hydrogens (primary N) is 1. The van der Waals surface area contributed by atoms with Gasteiger partial charge >= 0.3 is 6.18 Å². The average Bonchev–Trinajstić information content (AvgIpc) is 2.28. The Hall–Kier alpha value is -1.37. The van der Waals surface area contributed by atoms with Gasteiger partial charge < -0.3 is 10.5 Å². The molecule has 2 atom stereocenters. The smallest absolute Gasteiger partial charge is 0.426 e. The molecule has 0 amide bonds. The molecule has 0 aromatic heterocycles. The van der Waals surface area contributed by atoms with Gasteiger partial charge in [-0.15, -0.1) is 0 Å². The predicted octanol–water partition coefficient (Wildman–Crippen LogP) is 3.01. The van der Waals surface area contributed by atoms with E-state index in [1.54, 1.807) is 0 Å². The number of ether oxygens (including phenoxy) is 1. The Balaban J connectivity index is 3.00. The molecule has 2 N–H and O–H groups in total. The molecule has 0 fully saturated rings. The summed E-state index contributed by atoms with van der Waals surface area (Å²) in [6.45, 7) is 1.44. The molecule has 1 aromatic rings. The molecule has 0 radical (unpaired) electrons. The van der Waals surface area contributed by atoms with Gasteiger partial charge in [0.25, 0.3) is 0 Å². The molecule has 0 bridgehead atoms. The van der Waals surface area contributed by atoms with E-state index in [4.69, 9.17) is 5.73 Å². The zero-order chi connectivity index (χ0) is 13.9. The summed E-state index contributed by atoms with van der Waals surface area (Å²) in [5.74, 6) is -3.55. The van der Waals surface area contributed by atoms with Gasteiger partial charge in [-0.2, -0.15) is 17.6 Å². The summed E-state index contributed by atoms with van der Waals surface area (Å²) in [4.78, 5) is 0. The third kappa shape index (κ3) is 3.32. The first-order chi connectivity index (χ1) is 8.27. The fourth-order valence-electron chi connectivity index (χ4n) is 1.32. The molecule has 0 heterocycles. The van der Waals surface area contributed by atoms with Crippen molar-refractivity contribution in [1.82, 2.24) is 0 Å². The maximum absolute atomic E-state index is 13.2. The van der Waals surface area contributed by atoms with E-state index in [9.17, 15) is 22.0 Å². The Morgan fingerprint density at radius 2 is 1.89 bits per heavy atom. The minimum atomic E-state index is -4.76. The van der Waals surface area contributed by atoms with Crippen LogP contribution in [-0.2, 0) is 0 Å². The van der Waals surface area contributed by atoms with Crippen LogP contribution in [0.25, 0.3) is 0 Å². The lowest BCUT2D eigenvalue weighted by Gasteiger charge is -2.26. The van der Waals surface area contributed by atoms with Crippen molar-refractivity contribution >= 4 is 0 Å². The monoisotopic (exact) mass is 269 g/mol. The van der Waals surface area contributed by atoms with E-state index in [0.29, 0.717) is 0 Å². The number of alkyl halides is 3. The summed E-state index contributed by atoms with van der Waals surface area (Å²) >= 11 is 0. The first-order valence-corrected chi connectivity index (χ1v) is 5.20. The minimum absolute atomic E-state index is 0.0128. The van der Waals surface area contributed by atoms with Crippen molar-refractivity contribution in [3.05, 3.63) is 29.8 Å². The van der Waals surface area contributed by atoms with E-state index in [-0.39, 0.29) is 6.42 Å². The number of hydrogen-bond donors (Lipinski definition) is 1. The zero-order valence-corrected chi connectivity index (χ0v) is 9.47. The highest BCUT2D eigenvalue weighted by molar-refractivity contribution is 5.25. The van der Waals surface area contributed by atoms with Crippen LogP contribution in [0.2, 0.25) is 0 Å². The van der Waals surface area contributed by atoms with Crippen molar-refractivity contribution in [1.29, 1.82) is 0 Å². The van der Waals surface area contributed by atoms with Crippen molar-refractivity contribution in [3.63, 3.8) is 0 Å². The Bertz CT molecular complexity index is 407. The molecular weight excluding hydrogens is 257 g/mol. The number of benzene rings is 1. The van der Waals surface area contributed by atoms with Gasteiger partial charge in [0.1, 0.15) is 0 Å². The van der Waals surface area contributed by atoms with Gasteiger partial charge in [-0.1, -0.05) is 13.0 Å². The highest BCUT2D eigenvalue weighted by Crippen LogP contribution is 2.29. The number of halogens is 5. The van der Waals surface area contributed by atoms with Crippen LogP contribution in [0.15, 0.2) is 18.2 Å². The van der Waals surface area contributed by atoms with Crippen LogP contribution >= 0.6 is 0 Å². The van der Waals surface area contributed by atoms with Crippen LogP contribution in [-0.4, -0.2) is 18.3 Å². The molecule has 2 unspecified atom stereocenters. The van der Waals surface area contributed by atoms with Crippen LogP contribution in [0.3, 0.4) is 0 Å². The molecule has 0 aliphatic heterocycles. The SMILES string of the molecule is CCC(N)C(Oc1cccc(F)c1F)C(F)(F)F. The number of hydrogen-bond acceptors (Lipinski definition) is 2. The lowest BCUT2D eigenvalue weighted by Crippen LogP contribution is -2.48. The molecule has 18 heavy (non-hydrogen) atoms. The molecule has 0 aliphatic carbocycles. The largest absolute Gasteiger partial charge is 0.476 e. The first kappa shape index (κ1) is 14.7. The maximum Gasteiger partial charge on any atom is 0.426 e. The van der Waals surface area contributed by atoms with E-state index in [0.717, 1.165) is 18.2 Å². The van der Waals surface area contributed by atoms with Gasteiger partial charge in [0.15, 0.2) is 11.6 Å². The summed E-state index contributed by atoms with van der Waals surface area (Å²) in [6, 6.07) is 1.40. The molecule has 7 heteroatoms. The van der Waals surface area contributed by atoms with Crippen molar-refractivity contribution in [2.75, 3.05) is 0 Å². The van der Waals surface area contributed by atoms with Crippen LogP contribution in [0.5, 0.6) is 5.75 Å². The molecule has 0 aliphatic rings. The second-order valence-electron chi connectivity index (χ2n) is 3.70. The standard InChI is InChI=1S/C11H12F5NO/c1-2-7(17)10(11(14,15)16)18-8-5-3-4-6(12)9(8)13/h3-5,7,10H,2,17H2,1H3. The summed E-state index contributed by atoms with van der Waals surface area (Å²) in [5.41, 5.74) is 5.28. The fourth-order valence-corrected chi connectivity index (χ4v) is 1.32. The normalized spacial score (nSPS) is 15.3. The van der Waals surface area contributed by atoms with Crippen molar-refractivity contribution in [2.45, 2.75) is 31.7 Å². The maximum atomic E-state index is 13.2. The van der Waals surface area contributed by atoms with Gasteiger partial charge in [0.05, 0.1) is 6.04 Å². The van der Waals surface area contributed by atoms with Gasteiger partial charge in [0.2, 0.25) is 11.9 Å². The Kier molecular flexibility index (Phi) is 4.50. The Morgan fingerprint density at radius 1 is 1.28 bits per heavy atom. The highest BCUT2D eigenvalue weighted by atomic mass is 19.4. The Labute approximate surface area is 101 Å². The van der Waals surface area contributed by atoms with Crippen molar-refractivity contribution < 1.29 is 26.7 Å². The fraction of sp³-hybridized carbons (Fsp3) is 0.455. The highest BCUT2D eigenvalue weighted by Gasteiger charge is 2.45. The molecule has 1 aromatic carbocycles. The number of rotatable bonds is 4. The van der Waals surface area contributed by atoms with Crippen LogP contribution in [0.4, 0.5) is 22.0 Å². The van der Waals surface area contributed by atoms with Crippen LogP contribution in [0.1, 0.15) is 13.3 Å². The topological polar surface area (TPSA) is 35.2 Å². The van der Waals surface area contributed by atoms with Gasteiger partial charge in [-0.05, 0) is 18.6 Å². The van der Waals surface area contributed by atoms with E-state index in [2.05, 4.69) is 4.74 Å². The summed E-state index contributed by atoms with van der Waals surface area (Å²) in [5, 5.41) is 0.